The molecule has 3 aromatic carbocycles. The zero-order valence-electron chi connectivity index (χ0n) is 21.3. The fraction of sp³-hybridized carbons (Fsp3) is 0.129. The molecule has 0 aliphatic heterocycles. The van der Waals surface area contributed by atoms with E-state index in [4.69, 9.17) is 14.6 Å². The quantitative estimate of drug-likeness (QED) is 0.176. The van der Waals surface area contributed by atoms with Crippen molar-refractivity contribution in [2.45, 2.75) is 24.2 Å². The molecular weight excluding hydrogens is 522 g/mol. The van der Waals surface area contributed by atoms with Crippen molar-refractivity contribution in [1.29, 1.82) is 0 Å². The van der Waals surface area contributed by atoms with Crippen molar-refractivity contribution >= 4 is 35.0 Å². The van der Waals surface area contributed by atoms with Gasteiger partial charge in [-0.05, 0) is 67.4 Å². The summed E-state index contributed by atoms with van der Waals surface area (Å²) in [5.41, 5.74) is 3.86. The lowest BCUT2D eigenvalue weighted by Crippen LogP contribution is -2.15. The van der Waals surface area contributed by atoms with Gasteiger partial charge in [0.1, 0.15) is 23.9 Å². The van der Waals surface area contributed by atoms with E-state index in [9.17, 15) is 4.79 Å². The third kappa shape index (κ3) is 4.65. The summed E-state index contributed by atoms with van der Waals surface area (Å²) >= 11 is 4.48. The number of rotatable bonds is 8. The minimum Gasteiger partial charge on any atom is -0.485 e. The third-order valence-electron chi connectivity index (χ3n) is 6.93. The minimum absolute atomic E-state index is 0.0661. The standard InChI is InChI=1S/C31H23N5O3S/c37-30(31(40)15-16-31)21-6-8-22(9-7-21)39-23-10-11-24-26(18-23)32-17-14-27(24)38-19-29-34-33-28-13-12-25(35-36(28)29)20-4-2-1-3-5-20/h1-14,17-18,40H,15-16,19H2. The van der Waals surface area contributed by atoms with Crippen LogP contribution in [0.3, 0.4) is 0 Å². The number of pyridine rings is 1. The highest BCUT2D eigenvalue weighted by Gasteiger charge is 2.46. The molecule has 0 unspecified atom stereocenters. The molecule has 6 aromatic rings. The first kappa shape index (κ1) is 24.3. The Balaban J connectivity index is 1.08. The summed E-state index contributed by atoms with van der Waals surface area (Å²) in [6.07, 6.45) is 3.34. The van der Waals surface area contributed by atoms with Gasteiger partial charge in [-0.1, -0.05) is 30.3 Å². The van der Waals surface area contributed by atoms with Gasteiger partial charge in [0, 0.05) is 28.8 Å². The van der Waals surface area contributed by atoms with Crippen molar-refractivity contribution in [3.8, 4) is 28.5 Å². The SMILES string of the molecule is O=C(c1ccc(Oc2ccc3c(OCc4nnc5ccc(-c6ccccc6)nn45)ccnc3c2)cc1)C1(S)CC1. The normalized spacial score (nSPS) is 13.8. The first-order chi connectivity index (χ1) is 19.6. The number of hydrogen-bond donors (Lipinski definition) is 1. The molecule has 0 spiro atoms. The van der Waals surface area contributed by atoms with E-state index in [2.05, 4.69) is 27.8 Å². The van der Waals surface area contributed by atoms with E-state index in [1.165, 1.54) is 0 Å². The number of nitrogens with zero attached hydrogens (tertiary/aromatic N) is 5. The van der Waals surface area contributed by atoms with Crippen molar-refractivity contribution in [3.05, 3.63) is 109 Å². The van der Waals surface area contributed by atoms with Crippen LogP contribution in [0.1, 0.15) is 29.0 Å². The van der Waals surface area contributed by atoms with E-state index in [0.29, 0.717) is 34.3 Å². The van der Waals surface area contributed by atoms with E-state index < -0.39 is 4.75 Å². The van der Waals surface area contributed by atoms with Crippen molar-refractivity contribution in [2.75, 3.05) is 0 Å². The van der Waals surface area contributed by atoms with Crippen LogP contribution in [0.5, 0.6) is 17.2 Å². The summed E-state index contributed by atoms with van der Waals surface area (Å²) in [6, 6.07) is 28.4. The molecular formula is C31H23N5O3S. The lowest BCUT2D eigenvalue weighted by molar-refractivity contribution is 0.0982. The number of Topliss-reactive ketones (excluding diaryl/α,β-unsaturated/α-hetero) is 1. The Kier molecular flexibility index (Phi) is 5.93. The van der Waals surface area contributed by atoms with Crippen molar-refractivity contribution in [2.24, 2.45) is 0 Å². The number of thiol groups is 1. The van der Waals surface area contributed by atoms with E-state index in [1.807, 2.05) is 66.7 Å². The second kappa shape index (κ2) is 9.77. The van der Waals surface area contributed by atoms with Gasteiger partial charge in [0.15, 0.2) is 17.3 Å². The lowest BCUT2D eigenvalue weighted by Gasteiger charge is -2.11. The highest BCUT2D eigenvalue weighted by atomic mass is 32.1. The average Bonchev–Trinajstić information content (AvgIpc) is 3.63. The number of carbonyl (C=O) groups excluding carboxylic acids is 1. The molecule has 1 aliphatic carbocycles. The van der Waals surface area contributed by atoms with Gasteiger partial charge in [0.05, 0.1) is 16.0 Å². The van der Waals surface area contributed by atoms with E-state index in [-0.39, 0.29) is 12.4 Å². The fourth-order valence-electron chi connectivity index (χ4n) is 4.54. The number of ether oxygens (including phenoxy) is 2. The van der Waals surface area contributed by atoms with E-state index >= 15 is 0 Å². The summed E-state index contributed by atoms with van der Waals surface area (Å²) in [4.78, 5) is 17.0. The average molecular weight is 546 g/mol. The topological polar surface area (TPSA) is 91.5 Å². The van der Waals surface area contributed by atoms with Gasteiger partial charge in [-0.2, -0.15) is 22.2 Å². The monoisotopic (exact) mass is 545 g/mol. The molecule has 7 rings (SSSR count). The summed E-state index contributed by atoms with van der Waals surface area (Å²) in [7, 11) is 0. The second-order valence-electron chi connectivity index (χ2n) is 9.73. The minimum atomic E-state index is -0.491. The fourth-order valence-corrected chi connectivity index (χ4v) is 4.78. The van der Waals surface area contributed by atoms with Crippen LogP contribution in [0.15, 0.2) is 97.2 Å². The third-order valence-corrected chi connectivity index (χ3v) is 7.58. The van der Waals surface area contributed by atoms with E-state index in [0.717, 1.165) is 35.0 Å². The second-order valence-corrected chi connectivity index (χ2v) is 10.6. The number of fused-ring (bicyclic) bond motifs is 2. The zero-order chi connectivity index (χ0) is 27.1. The number of aromatic nitrogens is 5. The molecule has 1 fully saturated rings. The first-order valence-corrected chi connectivity index (χ1v) is 13.3. The van der Waals surface area contributed by atoms with Crippen LogP contribution < -0.4 is 9.47 Å². The highest BCUT2D eigenvalue weighted by Crippen LogP contribution is 2.44. The Morgan fingerprint density at radius 3 is 2.50 bits per heavy atom. The van der Waals surface area contributed by atoms with Gasteiger partial charge in [-0.25, -0.2) is 0 Å². The molecule has 9 heteroatoms. The Morgan fingerprint density at radius 1 is 0.900 bits per heavy atom. The zero-order valence-corrected chi connectivity index (χ0v) is 22.2. The number of benzene rings is 3. The van der Waals surface area contributed by atoms with Crippen LogP contribution in [-0.2, 0) is 6.61 Å². The summed E-state index contributed by atoms with van der Waals surface area (Å²) < 4.78 is 13.4. The molecule has 3 heterocycles. The molecule has 196 valence electrons. The van der Waals surface area contributed by atoms with Crippen LogP contribution in [0, 0.1) is 0 Å². The van der Waals surface area contributed by atoms with Crippen molar-refractivity contribution < 1.29 is 14.3 Å². The van der Waals surface area contributed by atoms with Gasteiger partial charge in [-0.3, -0.25) is 9.78 Å². The molecule has 1 saturated carbocycles. The summed E-state index contributed by atoms with van der Waals surface area (Å²) in [5, 5.41) is 14.1. The maximum absolute atomic E-state index is 12.5. The molecule has 0 saturated heterocycles. The summed E-state index contributed by atoms with van der Waals surface area (Å²) in [5.74, 6) is 2.58. The molecule has 0 bridgehead atoms. The van der Waals surface area contributed by atoms with Crippen LogP contribution in [-0.4, -0.2) is 35.3 Å². The van der Waals surface area contributed by atoms with Gasteiger partial charge in [0.25, 0.3) is 0 Å². The smallest absolute Gasteiger partial charge is 0.192 e. The van der Waals surface area contributed by atoms with Crippen molar-refractivity contribution in [3.63, 3.8) is 0 Å². The predicted molar refractivity (Wildman–Crippen MR) is 154 cm³/mol. The molecule has 1 aliphatic rings. The van der Waals surface area contributed by atoms with Gasteiger partial charge < -0.3 is 9.47 Å². The first-order valence-electron chi connectivity index (χ1n) is 12.9. The molecule has 8 nitrogen and oxygen atoms in total. The molecule has 40 heavy (non-hydrogen) atoms. The molecule has 0 radical (unpaired) electrons. The Hall–Kier alpha value is -4.76. The maximum atomic E-state index is 12.5. The number of hydrogen-bond acceptors (Lipinski definition) is 8. The van der Waals surface area contributed by atoms with Crippen LogP contribution in [0.25, 0.3) is 27.8 Å². The number of carbonyl (C=O) groups is 1. The predicted octanol–water partition coefficient (Wildman–Crippen LogP) is 6.36. The maximum Gasteiger partial charge on any atom is 0.192 e. The Labute approximate surface area is 235 Å². The van der Waals surface area contributed by atoms with Crippen LogP contribution in [0.4, 0.5) is 0 Å². The van der Waals surface area contributed by atoms with Gasteiger partial charge in [-0.15, -0.1) is 10.2 Å². The molecule has 0 atom stereocenters. The van der Waals surface area contributed by atoms with Crippen LogP contribution >= 0.6 is 12.6 Å². The lowest BCUT2D eigenvalue weighted by atomic mass is 10.1. The largest absolute Gasteiger partial charge is 0.485 e. The van der Waals surface area contributed by atoms with Crippen molar-refractivity contribution in [1.82, 2.24) is 24.8 Å². The number of ketones is 1. The van der Waals surface area contributed by atoms with E-state index in [1.54, 1.807) is 35.0 Å². The van der Waals surface area contributed by atoms with Crippen LogP contribution in [0.2, 0.25) is 0 Å². The molecule has 0 N–H and O–H groups in total. The molecule has 0 amide bonds. The highest BCUT2D eigenvalue weighted by molar-refractivity contribution is 7.83. The molecule has 3 aromatic heterocycles. The Morgan fingerprint density at radius 2 is 1.70 bits per heavy atom. The Bertz CT molecular complexity index is 1870. The summed E-state index contributed by atoms with van der Waals surface area (Å²) in [6.45, 7) is 0.183. The van der Waals surface area contributed by atoms with Gasteiger partial charge >= 0.3 is 0 Å². The van der Waals surface area contributed by atoms with Gasteiger partial charge in [0.2, 0.25) is 0 Å².